The van der Waals surface area contributed by atoms with Gasteiger partial charge in [-0.15, -0.1) is 13.2 Å². The first kappa shape index (κ1) is 18.2. The van der Waals surface area contributed by atoms with Gasteiger partial charge in [0.2, 0.25) is 5.91 Å². The maximum Gasteiger partial charge on any atom is 0.573 e. The number of methoxy groups -OCH3 is 1. The summed E-state index contributed by atoms with van der Waals surface area (Å²) in [7, 11) is 1.61. The fourth-order valence-corrected chi connectivity index (χ4v) is 1.65. The number of nitrogens with one attached hydrogen (secondary N) is 2. The van der Waals surface area contributed by atoms with Gasteiger partial charge >= 0.3 is 6.36 Å². The molecule has 0 aliphatic rings. The number of benzene rings is 1. The molecule has 0 spiro atoms. The van der Waals surface area contributed by atoms with Crippen molar-refractivity contribution in [2.45, 2.75) is 12.8 Å². The zero-order chi connectivity index (χ0) is 16.4. The van der Waals surface area contributed by atoms with E-state index < -0.39 is 6.36 Å². The van der Waals surface area contributed by atoms with E-state index >= 15 is 0 Å². The van der Waals surface area contributed by atoms with Crippen molar-refractivity contribution in [3.8, 4) is 5.75 Å². The van der Waals surface area contributed by atoms with Crippen molar-refractivity contribution in [2.75, 3.05) is 33.4 Å². The molecule has 0 saturated carbocycles. The molecule has 22 heavy (non-hydrogen) atoms. The number of amides is 1. The van der Waals surface area contributed by atoms with Gasteiger partial charge in [0.05, 0.1) is 13.0 Å². The largest absolute Gasteiger partial charge is 0.573 e. The number of carbonyl (C=O) groups excluding carboxylic acids is 1. The number of hydrogen-bond donors (Lipinski definition) is 2. The minimum Gasteiger partial charge on any atom is -0.406 e. The number of ether oxygens (including phenoxy) is 2. The Hall–Kier alpha value is -1.80. The number of carbonyl (C=O) groups is 1. The maximum absolute atomic E-state index is 12.0. The van der Waals surface area contributed by atoms with Crippen molar-refractivity contribution in [1.82, 2.24) is 10.6 Å². The molecule has 8 heteroatoms. The summed E-state index contributed by atoms with van der Waals surface area (Å²) < 4.78 is 44.6. The van der Waals surface area contributed by atoms with Gasteiger partial charge in [-0.25, -0.2) is 0 Å². The van der Waals surface area contributed by atoms with Crippen molar-refractivity contribution in [3.63, 3.8) is 0 Å². The van der Waals surface area contributed by atoms with Crippen LogP contribution in [0.5, 0.6) is 5.75 Å². The second kappa shape index (κ2) is 9.26. The highest BCUT2D eigenvalue weighted by Crippen LogP contribution is 2.22. The van der Waals surface area contributed by atoms with Crippen LogP contribution in [-0.4, -0.2) is 45.6 Å². The first-order chi connectivity index (χ1) is 10.4. The predicted molar refractivity (Wildman–Crippen MR) is 74.6 cm³/mol. The summed E-state index contributed by atoms with van der Waals surface area (Å²) in [5.41, 5.74) is 0.611. The lowest BCUT2D eigenvalue weighted by Crippen LogP contribution is -2.33. The molecule has 1 aromatic rings. The van der Waals surface area contributed by atoms with Gasteiger partial charge in [0.15, 0.2) is 0 Å². The molecule has 124 valence electrons. The fraction of sp³-hybridized carbons (Fsp3) is 0.500. The van der Waals surface area contributed by atoms with Gasteiger partial charge in [-0.3, -0.25) is 4.79 Å². The highest BCUT2D eigenvalue weighted by atomic mass is 19.4. The molecule has 0 bridgehead atoms. The van der Waals surface area contributed by atoms with Gasteiger partial charge in [0.25, 0.3) is 0 Å². The molecule has 0 saturated heterocycles. The van der Waals surface area contributed by atoms with Crippen LogP contribution in [0.4, 0.5) is 13.2 Å². The van der Waals surface area contributed by atoms with E-state index in [2.05, 4.69) is 15.4 Å². The molecule has 0 aromatic heterocycles. The molecule has 0 aliphatic heterocycles. The summed E-state index contributed by atoms with van der Waals surface area (Å²) >= 11 is 0. The van der Waals surface area contributed by atoms with Crippen molar-refractivity contribution in [1.29, 1.82) is 0 Å². The summed E-state index contributed by atoms with van der Waals surface area (Å²) in [5.74, 6) is -0.503. The maximum atomic E-state index is 12.0. The molecule has 1 amide bonds. The Balaban J connectivity index is 2.27. The van der Waals surface area contributed by atoms with E-state index in [1.165, 1.54) is 24.3 Å². The minimum absolute atomic E-state index is 0.102. The molecule has 5 nitrogen and oxygen atoms in total. The Kier molecular flexibility index (Phi) is 7.69. The van der Waals surface area contributed by atoms with Crippen LogP contribution >= 0.6 is 0 Å². The monoisotopic (exact) mass is 320 g/mol. The first-order valence-corrected chi connectivity index (χ1v) is 6.72. The Bertz CT molecular complexity index is 450. The van der Waals surface area contributed by atoms with E-state index in [0.717, 1.165) is 0 Å². The SMILES string of the molecule is COCCNCCNC(=O)Cc1ccc(OC(F)(F)F)cc1. The van der Waals surface area contributed by atoms with Crippen LogP contribution in [0.1, 0.15) is 5.56 Å². The van der Waals surface area contributed by atoms with Gasteiger partial charge in [-0.1, -0.05) is 12.1 Å². The fourth-order valence-electron chi connectivity index (χ4n) is 1.65. The van der Waals surface area contributed by atoms with Crippen molar-refractivity contribution < 1.29 is 27.4 Å². The lowest BCUT2D eigenvalue weighted by Gasteiger charge is -2.09. The van der Waals surface area contributed by atoms with Crippen LogP contribution in [0.15, 0.2) is 24.3 Å². The lowest BCUT2D eigenvalue weighted by molar-refractivity contribution is -0.274. The van der Waals surface area contributed by atoms with Crippen LogP contribution in [0.2, 0.25) is 0 Å². The molecule has 0 fully saturated rings. The van der Waals surface area contributed by atoms with E-state index in [4.69, 9.17) is 4.74 Å². The Morgan fingerprint density at radius 2 is 1.82 bits per heavy atom. The highest BCUT2D eigenvalue weighted by molar-refractivity contribution is 5.78. The van der Waals surface area contributed by atoms with Crippen molar-refractivity contribution in [3.05, 3.63) is 29.8 Å². The van der Waals surface area contributed by atoms with Crippen LogP contribution in [-0.2, 0) is 16.0 Å². The van der Waals surface area contributed by atoms with Gasteiger partial charge in [0, 0.05) is 26.7 Å². The molecule has 0 aliphatic carbocycles. The highest BCUT2D eigenvalue weighted by Gasteiger charge is 2.30. The zero-order valence-corrected chi connectivity index (χ0v) is 12.2. The third-order valence-corrected chi connectivity index (χ3v) is 2.63. The van der Waals surface area contributed by atoms with E-state index in [1.54, 1.807) is 7.11 Å². The van der Waals surface area contributed by atoms with Gasteiger partial charge in [0.1, 0.15) is 5.75 Å². The number of hydrogen-bond acceptors (Lipinski definition) is 4. The molecule has 0 atom stereocenters. The van der Waals surface area contributed by atoms with Crippen LogP contribution in [0.3, 0.4) is 0 Å². The molecular formula is C14H19F3N2O3. The molecule has 2 N–H and O–H groups in total. The van der Waals surface area contributed by atoms with Crippen LogP contribution < -0.4 is 15.4 Å². The van der Waals surface area contributed by atoms with E-state index in [1.807, 2.05) is 0 Å². The molecule has 1 rings (SSSR count). The Morgan fingerprint density at radius 3 is 2.41 bits per heavy atom. The van der Waals surface area contributed by atoms with Crippen molar-refractivity contribution >= 4 is 5.91 Å². The lowest BCUT2D eigenvalue weighted by atomic mass is 10.1. The third-order valence-electron chi connectivity index (χ3n) is 2.63. The Labute approximate surface area is 126 Å². The van der Waals surface area contributed by atoms with Crippen molar-refractivity contribution in [2.24, 2.45) is 0 Å². The summed E-state index contributed by atoms with van der Waals surface area (Å²) in [6.07, 6.45) is -4.61. The molecule has 0 heterocycles. The molecule has 0 unspecified atom stereocenters. The Morgan fingerprint density at radius 1 is 1.14 bits per heavy atom. The molecular weight excluding hydrogens is 301 g/mol. The quantitative estimate of drug-likeness (QED) is 0.677. The summed E-state index contributed by atoms with van der Waals surface area (Å²) in [6, 6.07) is 5.22. The summed E-state index contributed by atoms with van der Waals surface area (Å²) in [6.45, 7) is 2.39. The average molecular weight is 320 g/mol. The topological polar surface area (TPSA) is 59.6 Å². The second-order valence-electron chi connectivity index (χ2n) is 4.46. The van der Waals surface area contributed by atoms with Gasteiger partial charge in [-0.2, -0.15) is 0 Å². The number of rotatable bonds is 9. The van der Waals surface area contributed by atoms with Crippen LogP contribution in [0.25, 0.3) is 0 Å². The predicted octanol–water partition coefficient (Wildman–Crippen LogP) is 1.48. The standard InChI is InChI=1S/C14H19F3N2O3/c1-21-9-8-18-6-7-19-13(20)10-11-2-4-12(5-3-11)22-14(15,16)17/h2-5,18H,6-10H2,1H3,(H,19,20). The van der Waals surface area contributed by atoms with E-state index in [0.29, 0.717) is 31.8 Å². The normalized spacial score (nSPS) is 11.3. The average Bonchev–Trinajstić information content (AvgIpc) is 2.43. The van der Waals surface area contributed by atoms with Gasteiger partial charge < -0.3 is 20.1 Å². The molecule has 0 radical (unpaired) electrons. The van der Waals surface area contributed by atoms with Crippen LogP contribution in [0, 0.1) is 0 Å². The number of alkyl halides is 3. The number of halogens is 3. The van der Waals surface area contributed by atoms with Gasteiger partial charge in [-0.05, 0) is 17.7 Å². The summed E-state index contributed by atoms with van der Waals surface area (Å²) in [5, 5.41) is 5.78. The third kappa shape index (κ3) is 8.48. The molecule has 1 aromatic carbocycles. The minimum atomic E-state index is -4.71. The summed E-state index contributed by atoms with van der Waals surface area (Å²) in [4.78, 5) is 11.6. The second-order valence-corrected chi connectivity index (χ2v) is 4.46. The first-order valence-electron chi connectivity index (χ1n) is 6.72. The van der Waals surface area contributed by atoms with E-state index in [9.17, 15) is 18.0 Å². The smallest absolute Gasteiger partial charge is 0.406 e. The van der Waals surface area contributed by atoms with E-state index in [-0.39, 0.29) is 18.1 Å². The zero-order valence-electron chi connectivity index (χ0n) is 12.2.